The number of hydrogen-bond acceptors (Lipinski definition) is 8. The fourth-order valence-corrected chi connectivity index (χ4v) is 6.82. The van der Waals surface area contributed by atoms with Gasteiger partial charge in [0.1, 0.15) is 34.5 Å². The minimum Gasteiger partial charge on any atom is -0.386 e. The van der Waals surface area contributed by atoms with E-state index in [1.165, 1.54) is 18.2 Å². The van der Waals surface area contributed by atoms with Crippen LogP contribution in [0.1, 0.15) is 29.2 Å². The Hall–Kier alpha value is -4.38. The second kappa shape index (κ2) is 13.7. The van der Waals surface area contributed by atoms with E-state index in [9.17, 15) is 9.13 Å². The summed E-state index contributed by atoms with van der Waals surface area (Å²) < 4.78 is 63.2. The number of para-hydroxylation sites is 3. The highest BCUT2D eigenvalue weighted by Gasteiger charge is 2.37. The Morgan fingerprint density at radius 1 is 0.581 bits per heavy atom. The van der Waals surface area contributed by atoms with Gasteiger partial charge in [0.25, 0.3) is 0 Å². The van der Waals surface area contributed by atoms with Crippen molar-refractivity contribution >= 4 is 15.6 Å². The maximum atomic E-state index is 14.1. The first-order valence-corrected chi connectivity index (χ1v) is 16.4. The minimum atomic E-state index is -4.33. The van der Waals surface area contributed by atoms with Crippen LogP contribution in [-0.2, 0) is 13.7 Å². The Labute approximate surface area is 252 Å². The third-order valence-corrected chi connectivity index (χ3v) is 8.68. The molecule has 0 aliphatic heterocycles. The van der Waals surface area contributed by atoms with Gasteiger partial charge in [0.2, 0.25) is 0 Å². The summed E-state index contributed by atoms with van der Waals surface area (Å²) in [4.78, 5) is 0. The molecule has 0 heterocycles. The summed E-state index contributed by atoms with van der Waals surface area (Å²) in [6.45, 7) is 12.7. The summed E-state index contributed by atoms with van der Waals surface area (Å²) in [7, 11) is -8.65. The van der Waals surface area contributed by atoms with Gasteiger partial charge < -0.3 is 27.1 Å². The first-order chi connectivity index (χ1) is 20.5. The van der Waals surface area contributed by atoms with Crippen LogP contribution < -0.4 is 22.6 Å². The molecule has 0 saturated carbocycles. The Morgan fingerprint density at radius 2 is 1.00 bits per heavy atom. The summed E-state index contributed by atoms with van der Waals surface area (Å²) in [5.74, 6) is 1.34. The van der Waals surface area contributed by atoms with Gasteiger partial charge in [-0.15, -0.1) is 0 Å². The molecule has 0 radical (unpaired) electrons. The van der Waals surface area contributed by atoms with Crippen molar-refractivity contribution in [3.8, 4) is 28.7 Å². The number of aryl methyl sites for hydroxylation is 4. The molecule has 10 heteroatoms. The zero-order valence-corrected chi connectivity index (χ0v) is 26.5. The SMILES string of the molecule is C=C/C(=C\C)OP(=O)(Oc1cccc(OP(=O)(Oc2ccccc2)Oc2c(C)cccc2C)c1)Oc1c(C)cccc1C. The Morgan fingerprint density at radius 3 is 1.49 bits per heavy atom. The first-order valence-electron chi connectivity index (χ1n) is 13.5. The van der Waals surface area contributed by atoms with Crippen LogP contribution in [0.5, 0.6) is 28.7 Å². The number of benzene rings is 4. The monoisotopic (exact) mass is 620 g/mol. The molecular formula is C33H34O8P2. The van der Waals surface area contributed by atoms with Crippen LogP contribution >= 0.6 is 15.6 Å². The predicted octanol–water partition coefficient (Wildman–Crippen LogP) is 10.2. The molecular weight excluding hydrogens is 586 g/mol. The largest absolute Gasteiger partial charge is 0.647 e. The summed E-state index contributed by atoms with van der Waals surface area (Å²) in [6, 6.07) is 25.7. The van der Waals surface area contributed by atoms with E-state index in [0.29, 0.717) is 11.5 Å². The van der Waals surface area contributed by atoms with Crippen molar-refractivity contribution in [2.24, 2.45) is 0 Å². The van der Waals surface area contributed by atoms with Crippen LogP contribution in [0.15, 0.2) is 115 Å². The van der Waals surface area contributed by atoms with Gasteiger partial charge in [-0.2, -0.15) is 9.13 Å². The van der Waals surface area contributed by atoms with Crippen molar-refractivity contribution in [2.45, 2.75) is 34.6 Å². The second-order valence-corrected chi connectivity index (χ2v) is 12.5. The standard InChI is InChI=1S/C33H34O8P2/c1-7-28(8-2)36-42(34,40-32-24(3)15-12-16-25(32)4)38-30-21-14-22-31(23-30)39-43(35,37-29-19-10-9-11-20-29)41-33-26(5)17-13-18-27(33)6/h7-23H,1H2,2-6H3/b28-8+. The molecule has 0 saturated heterocycles. The van der Waals surface area contributed by atoms with E-state index in [4.69, 9.17) is 27.1 Å². The normalized spacial score (nSPS) is 14.0. The molecule has 0 aliphatic carbocycles. The maximum Gasteiger partial charge on any atom is 0.647 e. The fourth-order valence-electron chi connectivity index (χ4n) is 4.02. The molecule has 4 aromatic rings. The lowest BCUT2D eigenvalue weighted by Crippen LogP contribution is -2.09. The van der Waals surface area contributed by atoms with Crippen LogP contribution in [0.2, 0.25) is 0 Å². The van der Waals surface area contributed by atoms with Crippen LogP contribution in [0.4, 0.5) is 0 Å². The van der Waals surface area contributed by atoms with Gasteiger partial charge >= 0.3 is 15.6 Å². The van der Waals surface area contributed by atoms with Gasteiger partial charge in [-0.05, 0) is 93.3 Å². The van der Waals surface area contributed by atoms with Gasteiger partial charge in [-0.25, -0.2) is 0 Å². The summed E-state index contributed by atoms with van der Waals surface area (Å²) >= 11 is 0. The van der Waals surface area contributed by atoms with Crippen molar-refractivity contribution in [2.75, 3.05) is 0 Å². The van der Waals surface area contributed by atoms with Gasteiger partial charge in [-0.1, -0.05) is 67.2 Å². The van der Waals surface area contributed by atoms with E-state index >= 15 is 0 Å². The lowest BCUT2D eigenvalue weighted by Gasteiger charge is -2.23. The van der Waals surface area contributed by atoms with Crippen LogP contribution in [-0.4, -0.2) is 0 Å². The van der Waals surface area contributed by atoms with E-state index in [1.54, 1.807) is 55.5 Å². The smallest absolute Gasteiger partial charge is 0.386 e. The number of rotatable bonds is 13. The summed E-state index contributed by atoms with van der Waals surface area (Å²) in [6.07, 6.45) is 2.98. The lowest BCUT2D eigenvalue weighted by molar-refractivity contribution is 0.261. The fraction of sp³-hybridized carbons (Fsp3) is 0.152. The van der Waals surface area contributed by atoms with Crippen molar-refractivity contribution < 1.29 is 36.3 Å². The molecule has 0 N–H and O–H groups in total. The van der Waals surface area contributed by atoms with Crippen molar-refractivity contribution in [3.05, 3.63) is 138 Å². The molecule has 0 aliphatic rings. The van der Waals surface area contributed by atoms with Crippen molar-refractivity contribution in [1.29, 1.82) is 0 Å². The summed E-state index contributed by atoms with van der Waals surface area (Å²) in [5, 5.41) is 0. The molecule has 2 atom stereocenters. The van der Waals surface area contributed by atoms with Gasteiger partial charge in [-0.3, -0.25) is 0 Å². The van der Waals surface area contributed by atoms with E-state index in [2.05, 4.69) is 6.58 Å². The topological polar surface area (TPSA) is 89.5 Å². The number of hydrogen-bond donors (Lipinski definition) is 0. The third-order valence-electron chi connectivity index (χ3n) is 6.13. The lowest BCUT2D eigenvalue weighted by atomic mass is 10.1. The van der Waals surface area contributed by atoms with Crippen LogP contribution in [0.25, 0.3) is 0 Å². The van der Waals surface area contributed by atoms with Crippen molar-refractivity contribution in [1.82, 2.24) is 0 Å². The molecule has 0 bridgehead atoms. The zero-order valence-electron chi connectivity index (χ0n) is 24.7. The summed E-state index contributed by atoms with van der Waals surface area (Å²) in [5.41, 5.74) is 2.99. The van der Waals surface area contributed by atoms with Crippen molar-refractivity contribution in [3.63, 3.8) is 0 Å². The number of phosphoric ester groups is 2. The molecule has 4 aromatic carbocycles. The van der Waals surface area contributed by atoms with Gasteiger partial charge in [0, 0.05) is 6.07 Å². The highest BCUT2D eigenvalue weighted by molar-refractivity contribution is 7.50. The molecule has 2 unspecified atom stereocenters. The Kier molecular flexibility index (Phi) is 10.1. The molecule has 0 aromatic heterocycles. The predicted molar refractivity (Wildman–Crippen MR) is 168 cm³/mol. The molecule has 4 rings (SSSR count). The average Bonchev–Trinajstić information content (AvgIpc) is 2.96. The quantitative estimate of drug-likeness (QED) is 0.0829. The highest BCUT2D eigenvalue weighted by Crippen LogP contribution is 2.54. The van der Waals surface area contributed by atoms with Crippen LogP contribution in [0.3, 0.4) is 0 Å². The van der Waals surface area contributed by atoms with Gasteiger partial charge in [0.05, 0.1) is 0 Å². The van der Waals surface area contributed by atoms with Gasteiger partial charge in [0.15, 0.2) is 0 Å². The molecule has 0 fully saturated rings. The molecule has 8 nitrogen and oxygen atoms in total. The molecule has 43 heavy (non-hydrogen) atoms. The first kappa shape index (κ1) is 31.6. The van der Waals surface area contributed by atoms with E-state index < -0.39 is 15.6 Å². The second-order valence-electron chi connectivity index (χ2n) is 9.57. The average molecular weight is 621 g/mol. The maximum absolute atomic E-state index is 14.1. The van der Waals surface area contributed by atoms with E-state index in [1.807, 2.05) is 64.1 Å². The highest BCUT2D eigenvalue weighted by atomic mass is 31.2. The minimum absolute atomic E-state index is 0.0601. The molecule has 0 amide bonds. The van der Waals surface area contributed by atoms with E-state index in [-0.39, 0.29) is 23.0 Å². The zero-order chi connectivity index (χ0) is 31.0. The van der Waals surface area contributed by atoms with E-state index in [0.717, 1.165) is 22.3 Å². The Bertz CT molecular complexity index is 1680. The molecule has 0 spiro atoms. The third kappa shape index (κ3) is 8.35. The molecule has 224 valence electrons. The number of phosphoric acid groups is 2. The Balaban J connectivity index is 1.67. The van der Waals surface area contributed by atoms with Crippen LogP contribution in [0, 0.1) is 27.7 Å². The number of allylic oxidation sites excluding steroid dienone is 2.